The zero-order chi connectivity index (χ0) is 27.1. The summed E-state index contributed by atoms with van der Waals surface area (Å²) in [5, 5.41) is 7.70. The summed E-state index contributed by atoms with van der Waals surface area (Å²) in [5.74, 6) is -2.66. The highest BCUT2D eigenvalue weighted by molar-refractivity contribution is 7.10. The third kappa shape index (κ3) is 3.07. The van der Waals surface area contributed by atoms with Crippen LogP contribution < -0.4 is 9.80 Å². The van der Waals surface area contributed by atoms with Gasteiger partial charge in [-0.1, -0.05) is 48.5 Å². The molecule has 6 heterocycles. The van der Waals surface area contributed by atoms with Gasteiger partial charge in [-0.3, -0.25) is 19.2 Å². The predicted molar refractivity (Wildman–Crippen MR) is 150 cm³/mol. The lowest BCUT2D eigenvalue weighted by molar-refractivity contribution is -0.135. The normalized spacial score (nSPS) is 29.9. The fourth-order valence-electron chi connectivity index (χ4n) is 6.97. The number of imide groups is 2. The molecule has 198 valence electrons. The number of hydrogen-bond donors (Lipinski definition) is 0. The van der Waals surface area contributed by atoms with Crippen LogP contribution in [-0.4, -0.2) is 45.7 Å². The Morgan fingerprint density at radius 2 is 0.850 bits per heavy atom. The Morgan fingerprint density at radius 3 is 1.20 bits per heavy atom. The summed E-state index contributed by atoms with van der Waals surface area (Å²) in [6.07, 6.45) is 0. The van der Waals surface area contributed by atoms with Crippen LogP contribution in [0.15, 0.2) is 95.7 Å². The van der Waals surface area contributed by atoms with E-state index in [9.17, 15) is 19.2 Å². The van der Waals surface area contributed by atoms with Gasteiger partial charge in [0, 0.05) is 9.75 Å². The van der Waals surface area contributed by atoms with E-state index in [2.05, 4.69) is 0 Å². The molecule has 0 aliphatic carbocycles. The van der Waals surface area contributed by atoms with Crippen molar-refractivity contribution in [3.63, 3.8) is 0 Å². The second-order valence-electron chi connectivity index (χ2n) is 10.3. The minimum Gasteiger partial charge on any atom is -0.274 e. The van der Waals surface area contributed by atoms with Gasteiger partial charge >= 0.3 is 0 Å². The highest BCUT2D eigenvalue weighted by atomic mass is 32.1. The first-order valence-corrected chi connectivity index (χ1v) is 14.8. The molecule has 0 N–H and O–H groups in total. The van der Waals surface area contributed by atoms with Crippen molar-refractivity contribution in [3.8, 4) is 0 Å². The third-order valence-corrected chi connectivity index (χ3v) is 10.3. The van der Waals surface area contributed by atoms with Crippen LogP contribution in [0.25, 0.3) is 0 Å². The van der Waals surface area contributed by atoms with Crippen molar-refractivity contribution in [1.29, 1.82) is 0 Å². The molecule has 0 unspecified atom stereocenters. The minimum absolute atomic E-state index is 0.285. The first-order chi connectivity index (χ1) is 19.6. The molecule has 10 heteroatoms. The zero-order valence-electron chi connectivity index (χ0n) is 20.9. The van der Waals surface area contributed by atoms with Crippen molar-refractivity contribution in [2.75, 3.05) is 9.80 Å². The van der Waals surface area contributed by atoms with Crippen molar-refractivity contribution in [2.45, 2.75) is 24.2 Å². The lowest BCUT2D eigenvalue weighted by Gasteiger charge is -2.35. The number of nitrogens with zero attached hydrogens (tertiary/aromatic N) is 4. The molecule has 40 heavy (non-hydrogen) atoms. The summed E-state index contributed by atoms with van der Waals surface area (Å²) in [6.45, 7) is 0. The number of fused-ring (bicyclic) bond motifs is 5. The van der Waals surface area contributed by atoms with Gasteiger partial charge in [0.25, 0.3) is 11.8 Å². The molecule has 4 aliphatic rings. The van der Waals surface area contributed by atoms with Crippen LogP contribution in [0.1, 0.15) is 21.8 Å². The molecular formula is C30H22N4O4S2. The van der Waals surface area contributed by atoms with Crippen molar-refractivity contribution in [3.05, 3.63) is 105 Å². The Bertz CT molecular complexity index is 1520. The molecule has 4 aliphatic heterocycles. The Morgan fingerprint density at radius 1 is 0.450 bits per heavy atom. The summed E-state index contributed by atoms with van der Waals surface area (Å²) in [6, 6.07) is 22.9. The monoisotopic (exact) mass is 566 g/mol. The Kier molecular flexibility index (Phi) is 5.24. The van der Waals surface area contributed by atoms with Gasteiger partial charge in [0.1, 0.15) is 12.1 Å². The van der Waals surface area contributed by atoms with E-state index in [0.29, 0.717) is 11.4 Å². The van der Waals surface area contributed by atoms with Crippen LogP contribution in [-0.2, 0) is 19.2 Å². The van der Waals surface area contributed by atoms with Gasteiger partial charge in [-0.15, -0.1) is 22.7 Å². The van der Waals surface area contributed by atoms with Gasteiger partial charge < -0.3 is 0 Å². The van der Waals surface area contributed by atoms with Crippen LogP contribution in [0.5, 0.6) is 0 Å². The number of benzene rings is 2. The van der Waals surface area contributed by atoms with E-state index in [1.165, 1.54) is 32.5 Å². The fourth-order valence-corrected chi connectivity index (χ4v) is 8.71. The summed E-state index contributed by atoms with van der Waals surface area (Å²) < 4.78 is 0. The molecule has 6 atom stereocenters. The molecule has 4 fully saturated rings. The zero-order valence-corrected chi connectivity index (χ0v) is 22.6. The number of carbonyl (C=O) groups excluding carboxylic acids is 4. The van der Waals surface area contributed by atoms with Crippen LogP contribution in [0.3, 0.4) is 0 Å². The molecule has 0 bridgehead atoms. The average molecular weight is 567 g/mol. The lowest BCUT2D eigenvalue weighted by atomic mass is 9.88. The van der Waals surface area contributed by atoms with Gasteiger partial charge in [0.05, 0.1) is 35.3 Å². The number of anilines is 2. The van der Waals surface area contributed by atoms with Crippen molar-refractivity contribution >= 4 is 57.7 Å². The molecule has 4 amide bonds. The summed E-state index contributed by atoms with van der Waals surface area (Å²) >= 11 is 2.99. The van der Waals surface area contributed by atoms with E-state index in [4.69, 9.17) is 0 Å². The second-order valence-corrected chi connectivity index (χ2v) is 12.3. The number of hydrazine groups is 1. The van der Waals surface area contributed by atoms with E-state index < -0.39 is 36.0 Å². The Labute approximate surface area is 237 Å². The quantitative estimate of drug-likeness (QED) is 0.344. The highest BCUT2D eigenvalue weighted by Crippen LogP contribution is 2.60. The van der Waals surface area contributed by atoms with Crippen LogP contribution >= 0.6 is 22.7 Å². The molecule has 0 radical (unpaired) electrons. The smallest absolute Gasteiger partial charge is 0.253 e. The maximum atomic E-state index is 14.2. The molecule has 0 spiro atoms. The molecule has 4 aromatic rings. The first kappa shape index (κ1) is 23.9. The summed E-state index contributed by atoms with van der Waals surface area (Å²) in [7, 11) is 0. The maximum Gasteiger partial charge on any atom is 0.253 e. The number of thiophene rings is 2. The van der Waals surface area contributed by atoms with Crippen LogP contribution in [0, 0.1) is 11.8 Å². The standard InChI is InChI=1S/C30H22N4O4S2/c35-27-21-23(19-13-7-15-39-19)34-26-22(28(36)32(30(26)38)18-11-5-2-6-12-18)24(20-14-8-16-40-20)33(34)25(21)29(37)31(27)17-9-3-1-4-10-17/h1-16,21-26H/t21-,22+,23-,24-,25-,26+/m0/s1. The minimum atomic E-state index is -0.830. The van der Waals surface area contributed by atoms with Gasteiger partial charge in [0.15, 0.2) is 0 Å². The molecular weight excluding hydrogens is 544 g/mol. The van der Waals surface area contributed by atoms with E-state index in [1.54, 1.807) is 48.5 Å². The van der Waals surface area contributed by atoms with Crippen molar-refractivity contribution in [2.24, 2.45) is 11.8 Å². The van der Waals surface area contributed by atoms with Gasteiger partial charge in [0.2, 0.25) is 11.8 Å². The van der Waals surface area contributed by atoms with Crippen molar-refractivity contribution in [1.82, 2.24) is 10.0 Å². The second kappa shape index (κ2) is 8.77. The highest BCUT2D eigenvalue weighted by Gasteiger charge is 2.74. The van der Waals surface area contributed by atoms with Crippen molar-refractivity contribution < 1.29 is 19.2 Å². The SMILES string of the molecule is O=C1[C@@H]2[C@@H](C(=O)N1c1ccccc1)N1[C@@H](c3cccs3)[C@H]3C(=O)N(c4ccccc4)C(=O)[C@@H]3N1[C@H]2c1cccs1. The summed E-state index contributed by atoms with van der Waals surface area (Å²) in [4.78, 5) is 61.0. The predicted octanol–water partition coefficient (Wildman–Crippen LogP) is 4.25. The first-order valence-electron chi connectivity index (χ1n) is 13.1. The molecule has 8 nitrogen and oxygen atoms in total. The van der Waals surface area contributed by atoms with Gasteiger partial charge in [-0.2, -0.15) is 0 Å². The molecule has 2 aromatic carbocycles. The Balaban J connectivity index is 1.32. The van der Waals surface area contributed by atoms with Crippen LogP contribution in [0.2, 0.25) is 0 Å². The molecule has 8 rings (SSSR count). The van der Waals surface area contributed by atoms with E-state index >= 15 is 0 Å². The number of carbonyl (C=O) groups is 4. The number of para-hydroxylation sites is 2. The van der Waals surface area contributed by atoms with Gasteiger partial charge in [-0.05, 0) is 47.2 Å². The molecule has 4 saturated heterocycles. The topological polar surface area (TPSA) is 81.2 Å². The lowest BCUT2D eigenvalue weighted by Crippen LogP contribution is -2.50. The van der Waals surface area contributed by atoms with Crippen LogP contribution in [0.4, 0.5) is 11.4 Å². The fraction of sp³-hybridized carbons (Fsp3) is 0.200. The molecule has 2 aromatic heterocycles. The van der Waals surface area contributed by atoms with E-state index in [-0.39, 0.29) is 23.6 Å². The number of amides is 4. The third-order valence-electron chi connectivity index (χ3n) is 8.42. The number of hydrogen-bond acceptors (Lipinski definition) is 8. The summed E-state index contributed by atoms with van der Waals surface area (Å²) in [5.41, 5.74) is 1.05. The number of rotatable bonds is 4. The Hall–Kier alpha value is -3.96. The molecule has 0 saturated carbocycles. The average Bonchev–Trinajstić information content (AvgIpc) is 3.80. The maximum absolute atomic E-state index is 14.2. The van der Waals surface area contributed by atoms with E-state index in [1.807, 2.05) is 57.2 Å². The largest absolute Gasteiger partial charge is 0.274 e. The van der Waals surface area contributed by atoms with E-state index in [0.717, 1.165) is 9.75 Å². The van der Waals surface area contributed by atoms with Gasteiger partial charge in [-0.25, -0.2) is 19.8 Å².